The summed E-state index contributed by atoms with van der Waals surface area (Å²) in [6, 6.07) is 5.66. The van der Waals surface area contributed by atoms with E-state index in [4.69, 9.17) is 32.7 Å². The summed E-state index contributed by atoms with van der Waals surface area (Å²) in [6.45, 7) is 7.05. The molecule has 2 aromatic rings. The number of hydrogen-bond acceptors (Lipinski definition) is 6. The third-order valence-electron chi connectivity index (χ3n) is 6.36. The number of aromatic nitrogens is 1. The van der Waals surface area contributed by atoms with Crippen LogP contribution in [-0.4, -0.2) is 65.7 Å². The first-order valence-electron chi connectivity index (χ1n) is 11.2. The van der Waals surface area contributed by atoms with Crippen molar-refractivity contribution >= 4 is 44.8 Å². The number of benzene rings is 1. The third kappa shape index (κ3) is 4.73. The van der Waals surface area contributed by atoms with Gasteiger partial charge in [0.15, 0.2) is 11.5 Å². The van der Waals surface area contributed by atoms with Gasteiger partial charge in [0.05, 0.1) is 16.1 Å². The van der Waals surface area contributed by atoms with E-state index in [1.54, 1.807) is 6.07 Å². The molecule has 9 heteroatoms. The Morgan fingerprint density at radius 1 is 1.03 bits per heavy atom. The number of piperazine rings is 1. The van der Waals surface area contributed by atoms with Crippen molar-refractivity contribution in [2.24, 2.45) is 0 Å². The zero-order chi connectivity index (χ0) is 22.1. The van der Waals surface area contributed by atoms with Gasteiger partial charge in [-0.3, -0.25) is 13.7 Å². The normalized spacial score (nSPS) is 22.4. The van der Waals surface area contributed by atoms with Crippen LogP contribution in [0.5, 0.6) is 0 Å². The monoisotopic (exact) mass is 495 g/mol. The van der Waals surface area contributed by atoms with E-state index in [0.29, 0.717) is 18.2 Å². The molecule has 1 unspecified atom stereocenters. The molecule has 0 saturated carbocycles. The molecular formula is C23H27Cl2N3O3S. The first-order valence-corrected chi connectivity index (χ1v) is 12.7. The summed E-state index contributed by atoms with van der Waals surface area (Å²) in [5, 5.41) is 2.27. The molecule has 0 amide bonds. The molecule has 6 nitrogen and oxygen atoms in total. The lowest BCUT2D eigenvalue weighted by Crippen LogP contribution is -2.52. The number of allylic oxidation sites excluding steroid dienone is 1. The number of halogens is 2. The molecule has 5 rings (SSSR count). The van der Waals surface area contributed by atoms with Gasteiger partial charge in [-0.05, 0) is 43.7 Å². The molecule has 1 aliphatic carbocycles. The molecule has 0 spiro atoms. The van der Waals surface area contributed by atoms with E-state index in [2.05, 4.69) is 9.80 Å². The number of nitrogens with zero attached hydrogens (tertiary/aromatic N) is 3. The fourth-order valence-corrected chi connectivity index (χ4v) is 6.23. The number of aryl methyl sites for hydroxylation is 1. The molecule has 1 aromatic heterocycles. The van der Waals surface area contributed by atoms with E-state index in [9.17, 15) is 4.79 Å². The lowest BCUT2D eigenvalue weighted by atomic mass is 10.0. The summed E-state index contributed by atoms with van der Waals surface area (Å²) < 4.78 is 14.5. The SMILES string of the molecule is O=c1c2ccc(Cl)cc2sn1CCCCN1CCN(C2CC(Cl)=CC3=C2OCCO3)CC1. The van der Waals surface area contributed by atoms with Gasteiger partial charge in [0.1, 0.15) is 13.2 Å². The molecule has 1 saturated heterocycles. The Kier molecular flexibility index (Phi) is 6.81. The molecular weight excluding hydrogens is 469 g/mol. The second-order valence-electron chi connectivity index (χ2n) is 8.46. The summed E-state index contributed by atoms with van der Waals surface area (Å²) in [7, 11) is 0. The first kappa shape index (κ1) is 22.3. The van der Waals surface area contributed by atoms with Crippen molar-refractivity contribution in [3.05, 3.63) is 56.2 Å². The van der Waals surface area contributed by atoms with Gasteiger partial charge in [-0.1, -0.05) is 34.7 Å². The van der Waals surface area contributed by atoms with E-state index in [0.717, 1.165) is 85.2 Å². The fraction of sp³-hybridized carbons (Fsp3) is 0.522. The Hall–Kier alpha value is -1.51. The number of rotatable bonds is 6. The number of fused-ring (bicyclic) bond motifs is 1. The van der Waals surface area contributed by atoms with Gasteiger partial charge in [-0.15, -0.1) is 0 Å². The molecule has 0 N–H and O–H groups in total. The van der Waals surface area contributed by atoms with E-state index in [1.807, 2.05) is 22.2 Å². The van der Waals surface area contributed by atoms with Crippen LogP contribution in [0.4, 0.5) is 0 Å². The lowest BCUT2D eigenvalue weighted by Gasteiger charge is -2.41. The van der Waals surface area contributed by atoms with Crippen molar-refractivity contribution in [2.75, 3.05) is 45.9 Å². The predicted molar refractivity (Wildman–Crippen MR) is 130 cm³/mol. The minimum Gasteiger partial charge on any atom is -0.489 e. The van der Waals surface area contributed by atoms with Crippen molar-refractivity contribution in [3.8, 4) is 0 Å². The van der Waals surface area contributed by atoms with Crippen LogP contribution in [-0.2, 0) is 16.0 Å². The van der Waals surface area contributed by atoms with Gasteiger partial charge in [-0.25, -0.2) is 0 Å². The maximum absolute atomic E-state index is 12.5. The molecule has 3 heterocycles. The molecule has 0 radical (unpaired) electrons. The predicted octanol–water partition coefficient (Wildman–Crippen LogP) is 4.27. The largest absolute Gasteiger partial charge is 0.489 e. The van der Waals surface area contributed by atoms with Crippen LogP contribution in [0.15, 0.2) is 45.6 Å². The highest BCUT2D eigenvalue weighted by Crippen LogP contribution is 2.33. The smallest absolute Gasteiger partial charge is 0.268 e. The number of hydrogen-bond donors (Lipinski definition) is 0. The molecule has 32 heavy (non-hydrogen) atoms. The average Bonchev–Trinajstić information content (AvgIpc) is 3.11. The van der Waals surface area contributed by atoms with Crippen molar-refractivity contribution in [1.29, 1.82) is 0 Å². The van der Waals surface area contributed by atoms with Crippen LogP contribution >= 0.6 is 34.7 Å². The standard InChI is InChI=1S/C23H27Cl2N3O3S/c24-16-3-4-18-21(15-16)32-28(23(18)29)6-2-1-5-26-7-9-27(10-8-26)19-13-17(25)14-20-22(19)31-12-11-30-20/h3-4,14-15,19H,1-2,5-13H2. The van der Waals surface area contributed by atoms with Gasteiger partial charge < -0.3 is 14.4 Å². The van der Waals surface area contributed by atoms with Crippen molar-refractivity contribution < 1.29 is 9.47 Å². The van der Waals surface area contributed by atoms with Crippen LogP contribution in [0.1, 0.15) is 19.3 Å². The molecule has 1 fully saturated rings. The molecule has 3 aliphatic rings. The second kappa shape index (κ2) is 9.77. The summed E-state index contributed by atoms with van der Waals surface area (Å²) in [5.74, 6) is 1.75. The number of unbranched alkanes of at least 4 members (excludes halogenated alkanes) is 1. The maximum Gasteiger partial charge on any atom is 0.268 e. The third-order valence-corrected chi connectivity index (χ3v) is 7.96. The quantitative estimate of drug-likeness (QED) is 0.560. The second-order valence-corrected chi connectivity index (χ2v) is 10.4. The Bertz CT molecular complexity index is 1100. The maximum atomic E-state index is 12.5. The zero-order valence-corrected chi connectivity index (χ0v) is 20.2. The molecule has 0 bridgehead atoms. The Morgan fingerprint density at radius 3 is 2.66 bits per heavy atom. The lowest BCUT2D eigenvalue weighted by molar-refractivity contribution is 0.0205. The van der Waals surface area contributed by atoms with E-state index in [1.165, 1.54) is 11.5 Å². The number of ether oxygens (including phenoxy) is 2. The van der Waals surface area contributed by atoms with Crippen molar-refractivity contribution in [3.63, 3.8) is 0 Å². The van der Waals surface area contributed by atoms with Gasteiger partial charge in [-0.2, -0.15) is 0 Å². The Balaban J connectivity index is 1.09. The highest BCUT2D eigenvalue weighted by atomic mass is 35.5. The molecule has 2 aliphatic heterocycles. The van der Waals surface area contributed by atoms with E-state index in [-0.39, 0.29) is 11.6 Å². The van der Waals surface area contributed by atoms with Crippen LogP contribution in [0.3, 0.4) is 0 Å². The van der Waals surface area contributed by atoms with E-state index < -0.39 is 0 Å². The average molecular weight is 496 g/mol. The van der Waals surface area contributed by atoms with Crippen LogP contribution < -0.4 is 5.56 Å². The van der Waals surface area contributed by atoms with Crippen molar-refractivity contribution in [1.82, 2.24) is 13.8 Å². The summed E-state index contributed by atoms with van der Waals surface area (Å²) >= 11 is 13.9. The van der Waals surface area contributed by atoms with Crippen molar-refractivity contribution in [2.45, 2.75) is 31.8 Å². The molecule has 1 atom stereocenters. The van der Waals surface area contributed by atoms with Gasteiger partial charge >= 0.3 is 0 Å². The highest BCUT2D eigenvalue weighted by Gasteiger charge is 2.34. The molecule has 1 aromatic carbocycles. The first-order chi connectivity index (χ1) is 15.6. The van der Waals surface area contributed by atoms with Crippen LogP contribution in [0, 0.1) is 0 Å². The Morgan fingerprint density at radius 2 is 1.81 bits per heavy atom. The topological polar surface area (TPSA) is 46.9 Å². The van der Waals surface area contributed by atoms with Gasteiger partial charge in [0, 0.05) is 49.2 Å². The minimum atomic E-state index is 0.0954. The van der Waals surface area contributed by atoms with Gasteiger partial charge in [0.2, 0.25) is 0 Å². The summed E-state index contributed by atoms with van der Waals surface area (Å²) in [6.07, 6.45) is 4.76. The zero-order valence-electron chi connectivity index (χ0n) is 17.9. The highest BCUT2D eigenvalue weighted by molar-refractivity contribution is 7.13. The molecule has 172 valence electrons. The fourth-order valence-electron chi connectivity index (χ4n) is 4.67. The van der Waals surface area contributed by atoms with Gasteiger partial charge in [0.25, 0.3) is 5.56 Å². The Labute approximate surface area is 201 Å². The summed E-state index contributed by atoms with van der Waals surface area (Å²) in [5.41, 5.74) is 0.0954. The van der Waals surface area contributed by atoms with Crippen LogP contribution in [0.25, 0.3) is 10.1 Å². The van der Waals surface area contributed by atoms with E-state index >= 15 is 0 Å². The summed E-state index contributed by atoms with van der Waals surface area (Å²) in [4.78, 5) is 17.5. The van der Waals surface area contributed by atoms with Crippen LogP contribution in [0.2, 0.25) is 5.02 Å². The minimum absolute atomic E-state index is 0.0954.